The second-order valence-corrected chi connectivity index (χ2v) is 1.76. The van der Waals surface area contributed by atoms with Crippen LogP contribution in [0, 0.1) is 0 Å². The molecule has 1 unspecified atom stereocenters. The molecule has 46 valence electrons. The van der Waals surface area contributed by atoms with Gasteiger partial charge in [-0.2, -0.15) is 0 Å². The standard InChI is InChI=1S/C3H8ClN.C2H6/c1-3(4)2-5;1-2/h3H,2,5H2,1H3;1-2H3. The largest absolute Gasteiger partial charge is 0.329 e. The van der Waals surface area contributed by atoms with Crippen LogP contribution in [0.5, 0.6) is 0 Å². The number of hydrogen-bond donors (Lipinski definition) is 1. The summed E-state index contributed by atoms with van der Waals surface area (Å²) < 4.78 is 0. The molecule has 0 aromatic rings. The van der Waals surface area contributed by atoms with Gasteiger partial charge in [0, 0.05) is 11.9 Å². The quantitative estimate of drug-likeness (QED) is 0.527. The summed E-state index contributed by atoms with van der Waals surface area (Å²) in [6.45, 7) is 6.43. The number of rotatable bonds is 1. The predicted octanol–water partition coefficient (Wildman–Crippen LogP) is 1.60. The van der Waals surface area contributed by atoms with E-state index in [-0.39, 0.29) is 5.38 Å². The summed E-state index contributed by atoms with van der Waals surface area (Å²) in [5.41, 5.74) is 5.04. The zero-order valence-electron chi connectivity index (χ0n) is 5.24. The van der Waals surface area contributed by atoms with Crippen LogP contribution in [0.4, 0.5) is 0 Å². The molecule has 0 aliphatic heterocycles. The molecule has 2 heteroatoms. The van der Waals surface area contributed by atoms with Gasteiger partial charge in [0.1, 0.15) is 0 Å². The lowest BCUT2D eigenvalue weighted by Gasteiger charge is -1.88. The lowest BCUT2D eigenvalue weighted by Crippen LogP contribution is -2.08. The Bertz CT molecular complexity index is 22.0. The van der Waals surface area contributed by atoms with Crippen molar-refractivity contribution in [2.75, 3.05) is 6.54 Å². The fourth-order valence-electron chi connectivity index (χ4n) is 0. The van der Waals surface area contributed by atoms with Crippen molar-refractivity contribution < 1.29 is 0 Å². The van der Waals surface area contributed by atoms with E-state index in [1.807, 2.05) is 20.8 Å². The van der Waals surface area contributed by atoms with E-state index in [0.29, 0.717) is 6.54 Å². The molecular formula is C5H14ClN. The van der Waals surface area contributed by atoms with Gasteiger partial charge in [0.05, 0.1) is 0 Å². The van der Waals surface area contributed by atoms with Crippen LogP contribution in [0.3, 0.4) is 0 Å². The van der Waals surface area contributed by atoms with Gasteiger partial charge < -0.3 is 5.73 Å². The number of alkyl halides is 1. The Morgan fingerprint density at radius 1 is 1.57 bits per heavy atom. The summed E-state index contributed by atoms with van der Waals surface area (Å²) in [7, 11) is 0. The Morgan fingerprint density at radius 2 is 1.71 bits per heavy atom. The molecule has 0 fully saturated rings. The zero-order valence-corrected chi connectivity index (χ0v) is 6.00. The van der Waals surface area contributed by atoms with E-state index in [9.17, 15) is 0 Å². The van der Waals surface area contributed by atoms with Crippen LogP contribution in [0.15, 0.2) is 0 Å². The normalized spacial score (nSPS) is 11.6. The summed E-state index contributed by atoms with van der Waals surface area (Å²) in [5, 5.41) is 0.134. The van der Waals surface area contributed by atoms with Crippen molar-refractivity contribution in [1.29, 1.82) is 0 Å². The maximum atomic E-state index is 5.34. The summed E-state index contributed by atoms with van der Waals surface area (Å²) in [4.78, 5) is 0. The van der Waals surface area contributed by atoms with Crippen molar-refractivity contribution in [1.82, 2.24) is 0 Å². The van der Waals surface area contributed by atoms with Crippen molar-refractivity contribution in [2.45, 2.75) is 26.1 Å². The van der Waals surface area contributed by atoms with Gasteiger partial charge in [-0.3, -0.25) is 0 Å². The van der Waals surface area contributed by atoms with Gasteiger partial charge in [0.2, 0.25) is 0 Å². The van der Waals surface area contributed by atoms with Gasteiger partial charge >= 0.3 is 0 Å². The first kappa shape index (κ1) is 10.3. The molecule has 2 N–H and O–H groups in total. The van der Waals surface area contributed by atoms with Crippen molar-refractivity contribution in [3.8, 4) is 0 Å². The third-order valence-electron chi connectivity index (χ3n) is 0.325. The SMILES string of the molecule is CC.CC(Cl)CN. The van der Waals surface area contributed by atoms with E-state index in [1.165, 1.54) is 0 Å². The van der Waals surface area contributed by atoms with Crippen LogP contribution in [-0.4, -0.2) is 11.9 Å². The second kappa shape index (κ2) is 9.54. The molecule has 0 aliphatic rings. The van der Waals surface area contributed by atoms with Crippen molar-refractivity contribution in [2.24, 2.45) is 5.73 Å². The molecule has 0 spiro atoms. The minimum absolute atomic E-state index is 0.134. The monoisotopic (exact) mass is 123 g/mol. The molecule has 7 heavy (non-hydrogen) atoms. The average molecular weight is 124 g/mol. The first-order chi connectivity index (χ1) is 3.27. The minimum Gasteiger partial charge on any atom is -0.329 e. The Hall–Kier alpha value is 0.250. The Balaban J connectivity index is 0. The average Bonchev–Trinajstić information content (AvgIpc) is 1.73. The summed E-state index contributed by atoms with van der Waals surface area (Å²) in [6.07, 6.45) is 0. The first-order valence-corrected chi connectivity index (χ1v) is 3.05. The molecule has 0 saturated heterocycles. The summed E-state index contributed by atoms with van der Waals surface area (Å²) in [6, 6.07) is 0. The third-order valence-corrected chi connectivity index (χ3v) is 0.503. The van der Waals surface area contributed by atoms with E-state index in [4.69, 9.17) is 17.3 Å². The van der Waals surface area contributed by atoms with E-state index in [1.54, 1.807) is 0 Å². The van der Waals surface area contributed by atoms with E-state index < -0.39 is 0 Å². The van der Waals surface area contributed by atoms with Crippen LogP contribution in [0.25, 0.3) is 0 Å². The molecule has 0 saturated carbocycles. The highest BCUT2D eigenvalue weighted by Gasteiger charge is 1.83. The Labute approximate surface area is 50.8 Å². The van der Waals surface area contributed by atoms with Gasteiger partial charge in [0.25, 0.3) is 0 Å². The van der Waals surface area contributed by atoms with E-state index in [0.717, 1.165) is 0 Å². The minimum atomic E-state index is 0.134. The number of hydrogen-bond acceptors (Lipinski definition) is 1. The smallest absolute Gasteiger partial charge is 0.0430 e. The Kier molecular flexibility index (Phi) is 14.0. The molecule has 0 aromatic carbocycles. The van der Waals surface area contributed by atoms with Gasteiger partial charge in [-0.1, -0.05) is 13.8 Å². The number of nitrogens with two attached hydrogens (primary N) is 1. The third kappa shape index (κ3) is 22.3. The highest BCUT2D eigenvalue weighted by Crippen LogP contribution is 1.84. The molecule has 0 aliphatic carbocycles. The van der Waals surface area contributed by atoms with Crippen LogP contribution in [0.1, 0.15) is 20.8 Å². The van der Waals surface area contributed by atoms with E-state index in [2.05, 4.69) is 0 Å². The molecule has 0 radical (unpaired) electrons. The molecule has 1 atom stereocenters. The fourth-order valence-corrected chi connectivity index (χ4v) is 0. The topological polar surface area (TPSA) is 26.0 Å². The van der Waals surface area contributed by atoms with Crippen LogP contribution in [0.2, 0.25) is 0 Å². The zero-order chi connectivity index (χ0) is 6.28. The van der Waals surface area contributed by atoms with Crippen molar-refractivity contribution >= 4 is 11.6 Å². The maximum Gasteiger partial charge on any atom is 0.0430 e. The second-order valence-electron chi connectivity index (χ2n) is 1.02. The fraction of sp³-hybridized carbons (Fsp3) is 1.00. The lowest BCUT2D eigenvalue weighted by atomic mass is 10.5. The molecule has 0 heterocycles. The summed E-state index contributed by atoms with van der Waals surface area (Å²) in [5.74, 6) is 0. The van der Waals surface area contributed by atoms with Crippen LogP contribution >= 0.6 is 11.6 Å². The van der Waals surface area contributed by atoms with Crippen molar-refractivity contribution in [3.05, 3.63) is 0 Å². The first-order valence-electron chi connectivity index (χ1n) is 2.61. The molecule has 0 bridgehead atoms. The van der Waals surface area contributed by atoms with Crippen molar-refractivity contribution in [3.63, 3.8) is 0 Å². The predicted molar refractivity (Wildman–Crippen MR) is 35.7 cm³/mol. The molecule has 0 aromatic heterocycles. The molecule has 0 rings (SSSR count). The lowest BCUT2D eigenvalue weighted by molar-refractivity contribution is 0.941. The maximum absolute atomic E-state index is 5.34. The van der Waals surface area contributed by atoms with Gasteiger partial charge in [-0.05, 0) is 6.92 Å². The highest BCUT2D eigenvalue weighted by atomic mass is 35.5. The molecule has 1 nitrogen and oxygen atoms in total. The molecular weight excluding hydrogens is 110 g/mol. The van der Waals surface area contributed by atoms with Crippen LogP contribution < -0.4 is 5.73 Å². The van der Waals surface area contributed by atoms with Crippen LogP contribution in [-0.2, 0) is 0 Å². The van der Waals surface area contributed by atoms with E-state index >= 15 is 0 Å². The van der Waals surface area contributed by atoms with Gasteiger partial charge in [-0.15, -0.1) is 11.6 Å². The molecule has 0 amide bonds. The summed E-state index contributed by atoms with van der Waals surface area (Å²) >= 11 is 5.34. The van der Waals surface area contributed by atoms with Gasteiger partial charge in [0.15, 0.2) is 0 Å². The van der Waals surface area contributed by atoms with Gasteiger partial charge in [-0.25, -0.2) is 0 Å². The number of halogens is 1. The Morgan fingerprint density at radius 3 is 1.71 bits per heavy atom. The highest BCUT2D eigenvalue weighted by molar-refractivity contribution is 6.20.